The molecule has 4 heteroatoms. The molecular formula is C16H24ClNO2. The Hall–Kier alpha value is -1.06. The molecule has 0 radical (unpaired) electrons. The van der Waals surface area contributed by atoms with E-state index in [1.165, 1.54) is 0 Å². The summed E-state index contributed by atoms with van der Waals surface area (Å²) in [5, 5.41) is 0.685. The lowest BCUT2D eigenvalue weighted by atomic mass is 10.2. The van der Waals surface area contributed by atoms with Crippen molar-refractivity contribution in [2.24, 2.45) is 0 Å². The molecule has 0 spiro atoms. The third-order valence-electron chi connectivity index (χ3n) is 2.81. The van der Waals surface area contributed by atoms with Crippen molar-refractivity contribution in [2.45, 2.75) is 52.8 Å². The highest BCUT2D eigenvalue weighted by Crippen LogP contribution is 2.15. The quantitative estimate of drug-likeness (QED) is 0.825. The van der Waals surface area contributed by atoms with Gasteiger partial charge in [0.25, 0.3) is 0 Å². The molecule has 0 N–H and O–H groups in total. The van der Waals surface area contributed by atoms with E-state index in [0.29, 0.717) is 11.6 Å². The molecule has 0 saturated carbocycles. The fourth-order valence-corrected chi connectivity index (χ4v) is 1.96. The average Bonchev–Trinajstić information content (AvgIpc) is 2.32. The van der Waals surface area contributed by atoms with Crippen molar-refractivity contribution < 1.29 is 9.53 Å². The van der Waals surface area contributed by atoms with Crippen molar-refractivity contribution in [2.75, 3.05) is 6.61 Å². The summed E-state index contributed by atoms with van der Waals surface area (Å²) in [5.74, 6) is -0.00472. The Morgan fingerprint density at radius 3 is 2.50 bits per heavy atom. The zero-order chi connectivity index (χ0) is 15.3. The van der Waals surface area contributed by atoms with Gasteiger partial charge in [0.1, 0.15) is 6.61 Å². The van der Waals surface area contributed by atoms with Crippen LogP contribution in [0.5, 0.6) is 0 Å². The number of halogens is 1. The summed E-state index contributed by atoms with van der Waals surface area (Å²) in [4.78, 5) is 14.1. The summed E-state index contributed by atoms with van der Waals surface area (Å²) in [7, 11) is 0. The van der Waals surface area contributed by atoms with Gasteiger partial charge in [-0.2, -0.15) is 0 Å². The molecule has 0 aromatic heterocycles. The van der Waals surface area contributed by atoms with Crippen molar-refractivity contribution in [3.8, 4) is 0 Å². The summed E-state index contributed by atoms with van der Waals surface area (Å²) in [6.07, 6.45) is 0. The zero-order valence-corrected chi connectivity index (χ0v) is 13.7. The van der Waals surface area contributed by atoms with Crippen molar-refractivity contribution in [3.63, 3.8) is 0 Å². The fraction of sp³-hybridized carbons (Fsp3) is 0.562. The fourth-order valence-electron chi connectivity index (χ4n) is 1.75. The molecule has 0 aliphatic carbocycles. The van der Waals surface area contributed by atoms with Crippen LogP contribution >= 0.6 is 11.6 Å². The first-order chi connectivity index (χ1) is 9.19. The Morgan fingerprint density at radius 2 is 2.00 bits per heavy atom. The minimum absolute atomic E-state index is 0.00472. The molecule has 0 fully saturated rings. The highest BCUT2D eigenvalue weighted by atomic mass is 35.5. The minimum atomic E-state index is -0.311. The summed E-state index contributed by atoms with van der Waals surface area (Å²) in [6, 6.07) is 7.69. The Kier molecular flexibility index (Phi) is 6.03. The molecule has 0 saturated heterocycles. The third-order valence-corrected chi connectivity index (χ3v) is 3.05. The van der Waals surface area contributed by atoms with Crippen molar-refractivity contribution in [1.82, 2.24) is 4.90 Å². The second-order valence-corrected chi connectivity index (χ2v) is 6.58. The zero-order valence-electron chi connectivity index (χ0n) is 12.9. The van der Waals surface area contributed by atoms with Gasteiger partial charge in [0.05, 0.1) is 5.60 Å². The smallest absolute Gasteiger partial charge is 0.249 e. The average molecular weight is 298 g/mol. The SMILES string of the molecule is CC(C)N(Cc1cccc(Cl)c1)C(=O)COC(C)(C)C. The Bertz CT molecular complexity index is 452. The molecule has 1 aromatic carbocycles. The van der Waals surface area contributed by atoms with Crippen molar-refractivity contribution >= 4 is 17.5 Å². The molecule has 1 aromatic rings. The number of hydrogen-bond donors (Lipinski definition) is 0. The number of ether oxygens (including phenoxy) is 1. The molecule has 0 atom stereocenters. The summed E-state index contributed by atoms with van der Waals surface area (Å²) in [6.45, 7) is 10.5. The standard InChI is InChI=1S/C16H24ClNO2/c1-12(2)18(15(19)11-20-16(3,4)5)10-13-7-6-8-14(17)9-13/h6-9,12H,10-11H2,1-5H3. The van der Waals surface area contributed by atoms with Gasteiger partial charge >= 0.3 is 0 Å². The van der Waals surface area contributed by atoms with Gasteiger partial charge in [0, 0.05) is 17.6 Å². The van der Waals surface area contributed by atoms with E-state index in [-0.39, 0.29) is 24.2 Å². The Balaban J connectivity index is 2.72. The molecule has 1 amide bonds. The molecule has 0 aliphatic heterocycles. The Morgan fingerprint density at radius 1 is 1.35 bits per heavy atom. The van der Waals surface area contributed by atoms with E-state index < -0.39 is 0 Å². The molecule has 0 heterocycles. The maximum absolute atomic E-state index is 12.3. The number of amides is 1. The van der Waals surface area contributed by atoms with E-state index >= 15 is 0 Å². The Labute approximate surface area is 126 Å². The normalized spacial score (nSPS) is 11.8. The third kappa shape index (κ3) is 5.93. The molecular weight excluding hydrogens is 274 g/mol. The molecule has 0 aliphatic rings. The van der Waals surface area contributed by atoms with Gasteiger partial charge in [-0.05, 0) is 52.3 Å². The van der Waals surface area contributed by atoms with E-state index in [9.17, 15) is 4.79 Å². The number of nitrogens with zero attached hydrogens (tertiary/aromatic N) is 1. The van der Waals surface area contributed by atoms with Gasteiger partial charge in [0.15, 0.2) is 0 Å². The maximum atomic E-state index is 12.3. The lowest BCUT2D eigenvalue weighted by Crippen LogP contribution is -2.40. The van der Waals surface area contributed by atoms with Gasteiger partial charge in [0.2, 0.25) is 5.91 Å². The number of hydrogen-bond acceptors (Lipinski definition) is 2. The summed E-state index contributed by atoms with van der Waals surface area (Å²) < 4.78 is 5.57. The second kappa shape index (κ2) is 7.09. The first-order valence-electron chi connectivity index (χ1n) is 6.87. The van der Waals surface area contributed by atoms with Gasteiger partial charge in [-0.3, -0.25) is 4.79 Å². The van der Waals surface area contributed by atoms with E-state index in [0.717, 1.165) is 5.56 Å². The van der Waals surface area contributed by atoms with Crippen LogP contribution in [0.3, 0.4) is 0 Å². The van der Waals surface area contributed by atoms with Crippen LogP contribution in [-0.4, -0.2) is 29.1 Å². The van der Waals surface area contributed by atoms with Crippen LogP contribution in [0.1, 0.15) is 40.2 Å². The van der Waals surface area contributed by atoms with Crippen LogP contribution in [0.15, 0.2) is 24.3 Å². The number of rotatable bonds is 5. The first-order valence-corrected chi connectivity index (χ1v) is 7.25. The topological polar surface area (TPSA) is 29.5 Å². The summed E-state index contributed by atoms with van der Waals surface area (Å²) in [5.41, 5.74) is 0.712. The molecule has 20 heavy (non-hydrogen) atoms. The molecule has 1 rings (SSSR count). The highest BCUT2D eigenvalue weighted by Gasteiger charge is 2.20. The van der Waals surface area contributed by atoms with E-state index in [4.69, 9.17) is 16.3 Å². The van der Waals surface area contributed by atoms with Gasteiger partial charge in [-0.25, -0.2) is 0 Å². The van der Waals surface area contributed by atoms with Crippen LogP contribution in [0, 0.1) is 0 Å². The van der Waals surface area contributed by atoms with Gasteiger partial charge in [-0.15, -0.1) is 0 Å². The molecule has 112 valence electrons. The van der Waals surface area contributed by atoms with Crippen LogP contribution in [0.25, 0.3) is 0 Å². The van der Waals surface area contributed by atoms with Crippen LogP contribution in [-0.2, 0) is 16.1 Å². The molecule has 0 unspecified atom stereocenters. The highest BCUT2D eigenvalue weighted by molar-refractivity contribution is 6.30. The van der Waals surface area contributed by atoms with E-state index in [1.54, 1.807) is 4.90 Å². The van der Waals surface area contributed by atoms with Crippen molar-refractivity contribution in [1.29, 1.82) is 0 Å². The maximum Gasteiger partial charge on any atom is 0.249 e. The molecule has 3 nitrogen and oxygen atoms in total. The number of carbonyl (C=O) groups excluding carboxylic acids is 1. The predicted octanol–water partition coefficient (Wildman–Crippen LogP) is 3.89. The van der Waals surface area contributed by atoms with Crippen LogP contribution < -0.4 is 0 Å². The van der Waals surface area contributed by atoms with Crippen LogP contribution in [0.4, 0.5) is 0 Å². The summed E-state index contributed by atoms with van der Waals surface area (Å²) >= 11 is 5.98. The molecule has 0 bridgehead atoms. The largest absolute Gasteiger partial charge is 0.366 e. The number of benzene rings is 1. The second-order valence-electron chi connectivity index (χ2n) is 6.15. The van der Waals surface area contributed by atoms with Gasteiger partial charge < -0.3 is 9.64 Å². The first kappa shape index (κ1) is 17.0. The van der Waals surface area contributed by atoms with Gasteiger partial charge in [-0.1, -0.05) is 23.7 Å². The predicted molar refractivity (Wildman–Crippen MR) is 82.8 cm³/mol. The lowest BCUT2D eigenvalue weighted by molar-refractivity contribution is -0.143. The minimum Gasteiger partial charge on any atom is -0.366 e. The van der Waals surface area contributed by atoms with Crippen molar-refractivity contribution in [3.05, 3.63) is 34.9 Å². The monoisotopic (exact) mass is 297 g/mol. The number of carbonyl (C=O) groups is 1. The van der Waals surface area contributed by atoms with E-state index in [2.05, 4.69) is 0 Å². The lowest BCUT2D eigenvalue weighted by Gasteiger charge is -2.28. The van der Waals surface area contributed by atoms with E-state index in [1.807, 2.05) is 58.9 Å². The van der Waals surface area contributed by atoms with Crippen LogP contribution in [0.2, 0.25) is 5.02 Å².